The minimum atomic E-state index is -0.475. The molecule has 128 valence electrons. The second-order valence-electron chi connectivity index (χ2n) is 5.48. The van der Waals surface area contributed by atoms with Crippen LogP contribution >= 0.6 is 11.8 Å². The number of hydrogen-bond donors (Lipinski definition) is 3. The summed E-state index contributed by atoms with van der Waals surface area (Å²) >= 11 is 1.80. The third kappa shape index (κ3) is 13.6. The van der Waals surface area contributed by atoms with E-state index in [1.807, 2.05) is 33.8 Å². The number of rotatable bonds is 9. The Morgan fingerprint density at radius 1 is 1.27 bits per heavy atom. The molecule has 0 aliphatic rings. The van der Waals surface area contributed by atoms with Crippen LogP contribution in [-0.4, -0.2) is 55.3 Å². The summed E-state index contributed by atoms with van der Waals surface area (Å²) in [5.74, 6) is 2.66. The van der Waals surface area contributed by atoms with Gasteiger partial charge < -0.3 is 20.7 Å². The summed E-state index contributed by atoms with van der Waals surface area (Å²) in [7, 11) is 0. The van der Waals surface area contributed by atoms with Crippen LogP contribution in [-0.2, 0) is 4.74 Å². The van der Waals surface area contributed by atoms with Crippen molar-refractivity contribution in [2.75, 3.05) is 37.7 Å². The summed E-state index contributed by atoms with van der Waals surface area (Å²) in [6, 6.07) is 0. The van der Waals surface area contributed by atoms with E-state index in [9.17, 15) is 4.79 Å². The molecule has 0 saturated carbocycles. The molecule has 0 rings (SSSR count). The average Bonchev–Trinajstić information content (AvgIpc) is 2.41. The van der Waals surface area contributed by atoms with Crippen molar-refractivity contribution in [3.63, 3.8) is 0 Å². The SMILES string of the molecule is C=CCSCCN=C(NCC)NCCNC(=O)OC(C)(C)C. The lowest BCUT2D eigenvalue weighted by Gasteiger charge is -2.19. The molecule has 0 aromatic carbocycles. The summed E-state index contributed by atoms with van der Waals surface area (Å²) in [5.41, 5.74) is -0.475. The number of aliphatic imine (C=N–C) groups is 1. The van der Waals surface area contributed by atoms with Crippen LogP contribution in [0, 0.1) is 0 Å². The highest BCUT2D eigenvalue weighted by molar-refractivity contribution is 7.99. The standard InChI is InChI=1S/C15H30N4O2S/c1-6-11-22-12-10-18-13(16-7-2)17-8-9-19-14(20)21-15(3,4)5/h6H,1,7-12H2,2-5H3,(H,19,20)(H2,16,17,18). The molecule has 0 heterocycles. The van der Waals surface area contributed by atoms with Gasteiger partial charge in [-0.2, -0.15) is 11.8 Å². The maximum absolute atomic E-state index is 11.5. The Morgan fingerprint density at radius 2 is 1.95 bits per heavy atom. The lowest BCUT2D eigenvalue weighted by Crippen LogP contribution is -2.42. The molecule has 1 amide bonds. The fourth-order valence-corrected chi connectivity index (χ4v) is 1.94. The number of nitrogens with one attached hydrogen (secondary N) is 3. The molecule has 0 fully saturated rings. The van der Waals surface area contributed by atoms with Gasteiger partial charge in [0, 0.05) is 31.1 Å². The number of ether oxygens (including phenoxy) is 1. The summed E-state index contributed by atoms with van der Waals surface area (Å²) in [4.78, 5) is 15.9. The van der Waals surface area contributed by atoms with E-state index in [2.05, 4.69) is 27.5 Å². The van der Waals surface area contributed by atoms with Crippen LogP contribution < -0.4 is 16.0 Å². The Morgan fingerprint density at radius 3 is 2.55 bits per heavy atom. The lowest BCUT2D eigenvalue weighted by molar-refractivity contribution is 0.0529. The molecule has 6 nitrogen and oxygen atoms in total. The second-order valence-corrected chi connectivity index (χ2v) is 6.63. The number of amides is 1. The Balaban J connectivity index is 3.92. The van der Waals surface area contributed by atoms with Gasteiger partial charge in [0.05, 0.1) is 6.54 Å². The fourth-order valence-electron chi connectivity index (χ4n) is 1.39. The van der Waals surface area contributed by atoms with E-state index in [4.69, 9.17) is 4.74 Å². The van der Waals surface area contributed by atoms with Gasteiger partial charge in [0.25, 0.3) is 0 Å². The van der Waals surface area contributed by atoms with Crippen LogP contribution in [0.3, 0.4) is 0 Å². The average molecular weight is 330 g/mol. The second kappa shape index (κ2) is 12.2. The van der Waals surface area contributed by atoms with Crippen molar-refractivity contribution in [2.45, 2.75) is 33.3 Å². The number of hydrogen-bond acceptors (Lipinski definition) is 4. The Kier molecular flexibility index (Phi) is 11.4. The van der Waals surface area contributed by atoms with Gasteiger partial charge in [-0.25, -0.2) is 4.79 Å². The summed E-state index contributed by atoms with van der Waals surface area (Å²) in [5, 5.41) is 9.03. The first kappa shape index (κ1) is 20.6. The lowest BCUT2D eigenvalue weighted by atomic mass is 10.2. The first-order valence-corrected chi connectivity index (χ1v) is 8.72. The van der Waals surface area contributed by atoms with Crippen molar-refractivity contribution >= 4 is 23.8 Å². The van der Waals surface area contributed by atoms with Gasteiger partial charge in [0.1, 0.15) is 5.60 Å². The van der Waals surface area contributed by atoms with E-state index in [1.165, 1.54) is 0 Å². The van der Waals surface area contributed by atoms with E-state index < -0.39 is 11.7 Å². The van der Waals surface area contributed by atoms with Crippen LogP contribution in [0.1, 0.15) is 27.7 Å². The van der Waals surface area contributed by atoms with Crippen LogP contribution in [0.25, 0.3) is 0 Å². The topological polar surface area (TPSA) is 74.8 Å². The minimum Gasteiger partial charge on any atom is -0.444 e. The largest absolute Gasteiger partial charge is 0.444 e. The van der Waals surface area contributed by atoms with Gasteiger partial charge in [0.2, 0.25) is 0 Å². The number of nitrogens with zero attached hydrogens (tertiary/aromatic N) is 1. The van der Waals surface area contributed by atoms with Crippen molar-refractivity contribution in [1.82, 2.24) is 16.0 Å². The smallest absolute Gasteiger partial charge is 0.407 e. The number of thioether (sulfide) groups is 1. The molecule has 0 aliphatic carbocycles. The van der Waals surface area contributed by atoms with Crippen molar-refractivity contribution in [2.24, 2.45) is 4.99 Å². The fraction of sp³-hybridized carbons (Fsp3) is 0.733. The summed E-state index contributed by atoms with van der Waals surface area (Å²) in [6.45, 7) is 13.8. The van der Waals surface area contributed by atoms with Gasteiger partial charge in [-0.1, -0.05) is 6.08 Å². The van der Waals surface area contributed by atoms with Crippen LogP contribution in [0.2, 0.25) is 0 Å². The van der Waals surface area contributed by atoms with Gasteiger partial charge in [-0.05, 0) is 27.7 Å². The van der Waals surface area contributed by atoms with Crippen molar-refractivity contribution < 1.29 is 9.53 Å². The third-order valence-electron chi connectivity index (χ3n) is 2.17. The zero-order valence-electron chi connectivity index (χ0n) is 14.2. The molecular formula is C15H30N4O2S. The van der Waals surface area contributed by atoms with Gasteiger partial charge in [0.15, 0.2) is 5.96 Å². The molecular weight excluding hydrogens is 300 g/mol. The first-order chi connectivity index (χ1) is 10.4. The predicted octanol–water partition coefficient (Wildman–Crippen LogP) is 1.99. The number of guanidine groups is 1. The highest BCUT2D eigenvalue weighted by Crippen LogP contribution is 2.05. The number of carbonyl (C=O) groups excluding carboxylic acids is 1. The van der Waals surface area contributed by atoms with Crippen molar-refractivity contribution in [3.8, 4) is 0 Å². The molecule has 0 atom stereocenters. The predicted molar refractivity (Wildman–Crippen MR) is 95.7 cm³/mol. The molecule has 0 radical (unpaired) electrons. The number of alkyl carbamates (subject to hydrolysis) is 1. The molecule has 7 heteroatoms. The number of carbonyl (C=O) groups is 1. The highest BCUT2D eigenvalue weighted by atomic mass is 32.2. The molecule has 3 N–H and O–H groups in total. The molecule has 0 aliphatic heterocycles. The first-order valence-electron chi connectivity index (χ1n) is 7.56. The van der Waals surface area contributed by atoms with Crippen molar-refractivity contribution in [1.29, 1.82) is 0 Å². The zero-order valence-corrected chi connectivity index (χ0v) is 15.0. The zero-order chi connectivity index (χ0) is 16.8. The Hall–Kier alpha value is -1.37. The highest BCUT2D eigenvalue weighted by Gasteiger charge is 2.15. The van der Waals surface area contributed by atoms with Crippen LogP contribution in [0.15, 0.2) is 17.6 Å². The van der Waals surface area contributed by atoms with Gasteiger partial charge >= 0.3 is 6.09 Å². The van der Waals surface area contributed by atoms with Crippen LogP contribution in [0.5, 0.6) is 0 Å². The molecule has 22 heavy (non-hydrogen) atoms. The molecule has 0 unspecified atom stereocenters. The molecule has 0 bridgehead atoms. The normalized spacial score (nSPS) is 11.7. The van der Waals surface area contributed by atoms with E-state index in [1.54, 1.807) is 11.8 Å². The minimum absolute atomic E-state index is 0.405. The van der Waals surface area contributed by atoms with E-state index >= 15 is 0 Å². The third-order valence-corrected chi connectivity index (χ3v) is 3.11. The molecule has 0 saturated heterocycles. The van der Waals surface area contributed by atoms with Crippen LogP contribution in [0.4, 0.5) is 4.79 Å². The van der Waals surface area contributed by atoms with Gasteiger partial charge in [-0.3, -0.25) is 4.99 Å². The maximum atomic E-state index is 11.5. The quantitative estimate of drug-likeness (QED) is 0.261. The van der Waals surface area contributed by atoms with E-state index in [-0.39, 0.29) is 0 Å². The molecule has 0 aromatic heterocycles. The van der Waals surface area contributed by atoms with E-state index in [0.717, 1.165) is 30.6 Å². The summed E-state index contributed by atoms with van der Waals surface area (Å²) < 4.78 is 5.16. The van der Waals surface area contributed by atoms with Gasteiger partial charge in [-0.15, -0.1) is 6.58 Å². The summed E-state index contributed by atoms with van der Waals surface area (Å²) in [6.07, 6.45) is 1.48. The Bertz CT molecular complexity index is 354. The maximum Gasteiger partial charge on any atom is 0.407 e. The molecule has 0 aromatic rings. The monoisotopic (exact) mass is 330 g/mol. The van der Waals surface area contributed by atoms with Crippen molar-refractivity contribution in [3.05, 3.63) is 12.7 Å². The molecule has 0 spiro atoms. The van der Waals surface area contributed by atoms with E-state index in [0.29, 0.717) is 13.1 Å². The Labute approximate surface area is 138 Å².